The summed E-state index contributed by atoms with van der Waals surface area (Å²) in [6, 6.07) is 0. The highest BCUT2D eigenvalue weighted by atomic mass is 32.2. The maximum Gasteiger partial charge on any atom is 0.222 e. The number of primary amides is 2. The lowest BCUT2D eigenvalue weighted by Gasteiger charge is -2.31. The summed E-state index contributed by atoms with van der Waals surface area (Å²) in [5.41, 5.74) is 10.4. The van der Waals surface area contributed by atoms with E-state index in [4.69, 9.17) is 11.5 Å². The van der Waals surface area contributed by atoms with Crippen LogP contribution in [0.25, 0.3) is 0 Å². The van der Waals surface area contributed by atoms with Crippen molar-refractivity contribution in [2.45, 2.75) is 18.6 Å². The Morgan fingerprint density at radius 3 is 2.31 bits per heavy atom. The fourth-order valence-corrected chi connectivity index (χ4v) is 3.03. The van der Waals surface area contributed by atoms with E-state index in [2.05, 4.69) is 0 Å². The van der Waals surface area contributed by atoms with Crippen molar-refractivity contribution in [1.29, 1.82) is 0 Å². The van der Waals surface area contributed by atoms with Crippen molar-refractivity contribution in [1.82, 2.24) is 0 Å². The first-order valence-electron chi connectivity index (χ1n) is 4.24. The van der Waals surface area contributed by atoms with Crippen molar-refractivity contribution >= 4 is 23.6 Å². The Kier molecular flexibility index (Phi) is 3.19. The van der Waals surface area contributed by atoms with Crippen LogP contribution in [0, 0.1) is 11.8 Å². The predicted molar refractivity (Wildman–Crippen MR) is 51.9 cm³/mol. The summed E-state index contributed by atoms with van der Waals surface area (Å²) in [5.74, 6) is -0.706. The molecule has 1 rings (SSSR count). The molecule has 0 bridgehead atoms. The molecule has 4 nitrogen and oxygen atoms in total. The smallest absolute Gasteiger partial charge is 0.222 e. The minimum Gasteiger partial charge on any atom is -0.369 e. The Hall–Kier alpha value is -0.710. The molecule has 0 aliphatic carbocycles. The van der Waals surface area contributed by atoms with Crippen LogP contribution in [0.3, 0.4) is 0 Å². The molecular weight excluding hydrogens is 188 g/mol. The highest BCUT2D eigenvalue weighted by molar-refractivity contribution is 7.99. The van der Waals surface area contributed by atoms with Gasteiger partial charge in [-0.05, 0) is 12.2 Å². The van der Waals surface area contributed by atoms with Gasteiger partial charge < -0.3 is 11.5 Å². The predicted octanol–water partition coefficient (Wildman–Crippen LogP) is -0.285. The van der Waals surface area contributed by atoms with Crippen LogP contribution < -0.4 is 11.5 Å². The Labute approximate surface area is 81.4 Å². The Morgan fingerprint density at radius 1 is 1.31 bits per heavy atom. The van der Waals surface area contributed by atoms with Crippen LogP contribution in [0.2, 0.25) is 0 Å². The van der Waals surface area contributed by atoms with Crippen molar-refractivity contribution in [2.75, 3.05) is 5.75 Å². The third-order valence-corrected chi connectivity index (χ3v) is 3.73. The molecule has 0 aromatic heterocycles. The molecule has 3 unspecified atom stereocenters. The Bertz CT molecular complexity index is 232. The van der Waals surface area contributed by atoms with Crippen LogP contribution in [0.5, 0.6) is 0 Å². The molecule has 1 heterocycles. The normalized spacial score (nSPS) is 34.1. The summed E-state index contributed by atoms with van der Waals surface area (Å²) in [4.78, 5) is 22.1. The number of rotatable bonds is 2. The SMILES string of the molecule is CC1SCCC(C(N)=O)C1C(N)=O. The van der Waals surface area contributed by atoms with Gasteiger partial charge >= 0.3 is 0 Å². The second-order valence-corrected chi connectivity index (χ2v) is 4.79. The fourth-order valence-electron chi connectivity index (χ4n) is 1.74. The fraction of sp³-hybridized carbons (Fsp3) is 0.750. The third-order valence-electron chi connectivity index (χ3n) is 2.44. The largest absolute Gasteiger partial charge is 0.369 e. The molecule has 3 atom stereocenters. The molecule has 0 spiro atoms. The second-order valence-electron chi connectivity index (χ2n) is 3.30. The van der Waals surface area contributed by atoms with E-state index in [9.17, 15) is 9.59 Å². The number of hydrogen-bond acceptors (Lipinski definition) is 3. The standard InChI is InChI=1S/C8H14N2O2S/c1-4-6(8(10)12)5(7(9)11)2-3-13-4/h4-6H,2-3H2,1H3,(H2,9,11)(H2,10,12). The molecule has 0 aromatic carbocycles. The summed E-state index contributed by atoms with van der Waals surface area (Å²) in [5, 5.41) is 0.101. The third kappa shape index (κ3) is 2.15. The van der Waals surface area contributed by atoms with Crippen molar-refractivity contribution in [3.8, 4) is 0 Å². The van der Waals surface area contributed by atoms with E-state index < -0.39 is 17.7 Å². The zero-order valence-electron chi connectivity index (χ0n) is 7.53. The Balaban J connectivity index is 2.80. The molecule has 13 heavy (non-hydrogen) atoms. The van der Waals surface area contributed by atoms with E-state index >= 15 is 0 Å². The van der Waals surface area contributed by atoms with Gasteiger partial charge in [0.15, 0.2) is 0 Å². The molecule has 4 N–H and O–H groups in total. The van der Waals surface area contributed by atoms with Crippen molar-refractivity contribution in [2.24, 2.45) is 23.3 Å². The zero-order chi connectivity index (χ0) is 10.0. The van der Waals surface area contributed by atoms with Crippen molar-refractivity contribution in [3.63, 3.8) is 0 Å². The van der Waals surface area contributed by atoms with E-state index in [1.807, 2.05) is 6.92 Å². The van der Waals surface area contributed by atoms with Crippen molar-refractivity contribution < 1.29 is 9.59 Å². The maximum absolute atomic E-state index is 11.1. The summed E-state index contributed by atoms with van der Waals surface area (Å²) in [6.45, 7) is 1.91. The molecule has 1 saturated heterocycles. The average Bonchev–Trinajstić information content (AvgIpc) is 2.02. The van der Waals surface area contributed by atoms with Crippen LogP contribution in [0.15, 0.2) is 0 Å². The van der Waals surface area contributed by atoms with Gasteiger partial charge in [-0.25, -0.2) is 0 Å². The number of hydrogen-bond donors (Lipinski definition) is 2. The molecular formula is C8H14N2O2S. The first-order chi connectivity index (χ1) is 6.04. The summed E-state index contributed by atoms with van der Waals surface area (Å²) >= 11 is 1.67. The van der Waals surface area contributed by atoms with Gasteiger partial charge in [-0.2, -0.15) is 11.8 Å². The Morgan fingerprint density at radius 2 is 1.92 bits per heavy atom. The zero-order valence-corrected chi connectivity index (χ0v) is 8.34. The van der Waals surface area contributed by atoms with Gasteiger partial charge in [0.25, 0.3) is 0 Å². The van der Waals surface area contributed by atoms with Crippen LogP contribution in [0.4, 0.5) is 0 Å². The molecule has 0 aromatic rings. The average molecular weight is 202 g/mol. The maximum atomic E-state index is 11.1. The molecule has 5 heteroatoms. The molecule has 0 saturated carbocycles. The van der Waals surface area contributed by atoms with Gasteiger partial charge in [0.1, 0.15) is 0 Å². The van der Waals surface area contributed by atoms with E-state index in [1.54, 1.807) is 11.8 Å². The van der Waals surface area contributed by atoms with Gasteiger partial charge in [-0.1, -0.05) is 6.92 Å². The summed E-state index contributed by atoms with van der Waals surface area (Å²) in [7, 11) is 0. The van der Waals surface area contributed by atoms with Gasteiger partial charge in [-0.3, -0.25) is 9.59 Å². The molecule has 1 aliphatic heterocycles. The van der Waals surface area contributed by atoms with Crippen molar-refractivity contribution in [3.05, 3.63) is 0 Å². The monoisotopic (exact) mass is 202 g/mol. The number of nitrogens with two attached hydrogens (primary N) is 2. The molecule has 1 fully saturated rings. The first-order valence-corrected chi connectivity index (χ1v) is 5.29. The highest BCUT2D eigenvalue weighted by Crippen LogP contribution is 2.34. The molecule has 74 valence electrons. The highest BCUT2D eigenvalue weighted by Gasteiger charge is 2.38. The topological polar surface area (TPSA) is 86.2 Å². The van der Waals surface area contributed by atoms with Crippen LogP contribution in [-0.2, 0) is 9.59 Å². The molecule has 0 radical (unpaired) electrons. The van der Waals surface area contributed by atoms with E-state index in [-0.39, 0.29) is 11.2 Å². The van der Waals surface area contributed by atoms with Crippen LogP contribution >= 0.6 is 11.8 Å². The van der Waals surface area contributed by atoms with Gasteiger partial charge in [0, 0.05) is 5.25 Å². The quantitative estimate of drug-likeness (QED) is 0.645. The molecule has 2 amide bonds. The lowest BCUT2D eigenvalue weighted by atomic mass is 9.86. The van der Waals surface area contributed by atoms with Gasteiger partial charge in [0.05, 0.1) is 11.8 Å². The van der Waals surface area contributed by atoms with Crippen LogP contribution in [-0.4, -0.2) is 22.8 Å². The van der Waals surface area contributed by atoms with Crippen LogP contribution in [0.1, 0.15) is 13.3 Å². The summed E-state index contributed by atoms with van der Waals surface area (Å²) in [6.07, 6.45) is 0.665. The lowest BCUT2D eigenvalue weighted by molar-refractivity contribution is -0.131. The van der Waals surface area contributed by atoms with Gasteiger partial charge in [-0.15, -0.1) is 0 Å². The number of carbonyl (C=O) groups is 2. The first kappa shape index (κ1) is 10.4. The summed E-state index contributed by atoms with van der Waals surface area (Å²) < 4.78 is 0. The van der Waals surface area contributed by atoms with E-state index in [1.165, 1.54) is 0 Å². The number of amides is 2. The minimum atomic E-state index is -0.413. The van der Waals surface area contributed by atoms with E-state index in [0.717, 1.165) is 5.75 Å². The second kappa shape index (κ2) is 4.00. The van der Waals surface area contributed by atoms with E-state index in [0.29, 0.717) is 6.42 Å². The van der Waals surface area contributed by atoms with Gasteiger partial charge in [0.2, 0.25) is 11.8 Å². The lowest BCUT2D eigenvalue weighted by Crippen LogP contribution is -2.44. The molecule has 1 aliphatic rings. The minimum absolute atomic E-state index is 0.101. The number of carbonyl (C=O) groups excluding carboxylic acids is 2. The number of thioether (sulfide) groups is 1.